The van der Waals surface area contributed by atoms with Gasteiger partial charge in [-0.2, -0.15) is 0 Å². The Kier molecular flexibility index (Phi) is 7.47. The highest BCUT2D eigenvalue weighted by molar-refractivity contribution is 7.94. The SMILES string of the molecule is Cc1ccc([S@@](=O)(=NCCN=[S@](=O)(c2ccc(C)cc2)c2ccccc2O)c2ccccc2O)cc1. The fourth-order valence-corrected chi connectivity index (χ4v) is 7.71. The van der Waals surface area contributed by atoms with Crippen LogP contribution in [0.1, 0.15) is 11.1 Å². The van der Waals surface area contributed by atoms with Crippen molar-refractivity contribution in [3.63, 3.8) is 0 Å². The summed E-state index contributed by atoms with van der Waals surface area (Å²) in [7, 11) is -6.36. The second-order valence-electron chi connectivity index (χ2n) is 8.32. The molecule has 8 heteroatoms. The minimum absolute atomic E-state index is 0.00249. The van der Waals surface area contributed by atoms with Crippen molar-refractivity contribution in [3.8, 4) is 11.5 Å². The summed E-state index contributed by atoms with van der Waals surface area (Å²) in [6, 6.07) is 27.2. The van der Waals surface area contributed by atoms with Crippen molar-refractivity contribution in [2.75, 3.05) is 13.1 Å². The largest absolute Gasteiger partial charge is 0.507 e. The van der Waals surface area contributed by atoms with E-state index >= 15 is 0 Å². The molecule has 4 aromatic rings. The van der Waals surface area contributed by atoms with Crippen LogP contribution in [0.25, 0.3) is 0 Å². The van der Waals surface area contributed by atoms with E-state index in [4.69, 9.17) is 0 Å². The summed E-state index contributed by atoms with van der Waals surface area (Å²) < 4.78 is 37.4. The molecule has 0 saturated carbocycles. The first kappa shape index (κ1) is 25.5. The van der Waals surface area contributed by atoms with Crippen LogP contribution in [0, 0.1) is 13.8 Å². The fourth-order valence-electron chi connectivity index (χ4n) is 3.71. The first-order valence-corrected chi connectivity index (χ1v) is 14.4. The van der Waals surface area contributed by atoms with Gasteiger partial charge in [0.05, 0.1) is 32.7 Å². The van der Waals surface area contributed by atoms with Gasteiger partial charge < -0.3 is 10.2 Å². The molecule has 6 nitrogen and oxygen atoms in total. The van der Waals surface area contributed by atoms with Crippen LogP contribution in [0.3, 0.4) is 0 Å². The Hall–Kier alpha value is -3.62. The van der Waals surface area contributed by atoms with Gasteiger partial charge in [-0.15, -0.1) is 0 Å². The average Bonchev–Trinajstić information content (AvgIpc) is 2.87. The minimum Gasteiger partial charge on any atom is -0.507 e. The van der Waals surface area contributed by atoms with Gasteiger partial charge in [0.25, 0.3) is 0 Å². The van der Waals surface area contributed by atoms with Crippen molar-refractivity contribution in [3.05, 3.63) is 108 Å². The third kappa shape index (κ3) is 5.15. The first-order valence-electron chi connectivity index (χ1n) is 11.4. The van der Waals surface area contributed by atoms with E-state index in [2.05, 4.69) is 8.73 Å². The van der Waals surface area contributed by atoms with Gasteiger partial charge in [-0.25, -0.2) is 17.1 Å². The van der Waals surface area contributed by atoms with E-state index in [1.807, 2.05) is 38.1 Å². The summed E-state index contributed by atoms with van der Waals surface area (Å²) in [5, 5.41) is 20.9. The molecule has 0 aromatic heterocycles. The molecule has 0 aliphatic rings. The Balaban J connectivity index is 1.79. The Morgan fingerprint density at radius 2 is 0.889 bits per heavy atom. The van der Waals surface area contributed by atoms with Crippen LogP contribution in [0.4, 0.5) is 0 Å². The maximum atomic E-state index is 14.2. The van der Waals surface area contributed by atoms with Crippen LogP contribution in [0.15, 0.2) is 125 Å². The highest BCUT2D eigenvalue weighted by atomic mass is 32.2. The summed E-state index contributed by atoms with van der Waals surface area (Å²) in [5.41, 5.74) is 2.02. The monoisotopic (exact) mass is 520 g/mol. The number of hydrogen-bond acceptors (Lipinski definition) is 6. The van der Waals surface area contributed by atoms with E-state index in [1.165, 1.54) is 12.1 Å². The van der Waals surface area contributed by atoms with E-state index in [0.717, 1.165) is 11.1 Å². The topological polar surface area (TPSA) is 99.3 Å². The lowest BCUT2D eigenvalue weighted by atomic mass is 10.2. The van der Waals surface area contributed by atoms with Gasteiger partial charge in [-0.3, -0.25) is 0 Å². The van der Waals surface area contributed by atoms with Crippen molar-refractivity contribution >= 4 is 19.5 Å². The number of rotatable bonds is 7. The number of hydrogen-bond donors (Lipinski definition) is 2. The Labute approximate surface area is 212 Å². The highest BCUT2D eigenvalue weighted by Gasteiger charge is 2.21. The minimum atomic E-state index is -3.18. The van der Waals surface area contributed by atoms with E-state index in [0.29, 0.717) is 9.79 Å². The number of para-hydroxylation sites is 2. The summed E-state index contributed by atoms with van der Waals surface area (Å²) in [4.78, 5) is 1.37. The molecule has 4 rings (SSSR count). The molecule has 0 bridgehead atoms. The summed E-state index contributed by atoms with van der Waals surface area (Å²) in [6.45, 7) is 3.86. The molecule has 0 fully saturated rings. The molecule has 0 aliphatic carbocycles. The number of aryl methyl sites for hydroxylation is 2. The number of nitrogens with zero attached hydrogens (tertiary/aromatic N) is 2. The lowest BCUT2D eigenvalue weighted by Gasteiger charge is -2.14. The summed E-state index contributed by atoms with van der Waals surface area (Å²) >= 11 is 0. The predicted molar refractivity (Wildman–Crippen MR) is 143 cm³/mol. The zero-order valence-corrected chi connectivity index (χ0v) is 21.7. The maximum absolute atomic E-state index is 14.2. The zero-order valence-electron chi connectivity index (χ0n) is 20.1. The first-order chi connectivity index (χ1) is 17.2. The zero-order chi connectivity index (χ0) is 25.8. The second-order valence-corrected chi connectivity index (χ2v) is 12.8. The standard InChI is InChI=1S/C28H28N2O4S2/c1-21-11-15-23(16-12-21)35(33,27-9-5-3-7-25(27)31)29-19-20-30-36(34,24-17-13-22(2)14-18-24)28-10-6-4-8-26(28)32/h3-18,31-32H,19-20H2,1-2H3/t35-,36-/m0/s1. The van der Waals surface area contributed by atoms with Crippen molar-refractivity contribution < 1.29 is 18.6 Å². The van der Waals surface area contributed by atoms with Crippen LogP contribution in [-0.4, -0.2) is 31.7 Å². The van der Waals surface area contributed by atoms with Crippen molar-refractivity contribution in [2.24, 2.45) is 8.73 Å². The molecule has 36 heavy (non-hydrogen) atoms. The number of phenols is 2. The molecule has 0 radical (unpaired) electrons. The van der Waals surface area contributed by atoms with E-state index < -0.39 is 19.5 Å². The molecule has 0 aliphatic heterocycles. The lowest BCUT2D eigenvalue weighted by Crippen LogP contribution is -2.07. The summed E-state index contributed by atoms with van der Waals surface area (Å²) in [5.74, 6) is -0.220. The molecule has 0 unspecified atom stereocenters. The molecule has 4 aromatic carbocycles. The molecule has 2 atom stereocenters. The van der Waals surface area contributed by atoms with Crippen LogP contribution in [-0.2, 0) is 19.5 Å². The second kappa shape index (κ2) is 10.6. The highest BCUT2D eigenvalue weighted by Crippen LogP contribution is 2.32. The van der Waals surface area contributed by atoms with Gasteiger partial charge in [-0.1, -0.05) is 59.7 Å². The van der Waals surface area contributed by atoms with Crippen LogP contribution >= 0.6 is 0 Å². The average molecular weight is 521 g/mol. The number of benzene rings is 4. The van der Waals surface area contributed by atoms with Gasteiger partial charge in [0, 0.05) is 0 Å². The van der Waals surface area contributed by atoms with Crippen molar-refractivity contribution in [1.29, 1.82) is 0 Å². The van der Waals surface area contributed by atoms with E-state index in [1.54, 1.807) is 60.7 Å². The molecule has 2 N–H and O–H groups in total. The summed E-state index contributed by atoms with van der Waals surface area (Å²) in [6.07, 6.45) is 0. The van der Waals surface area contributed by atoms with E-state index in [-0.39, 0.29) is 34.4 Å². The molecule has 0 amide bonds. The van der Waals surface area contributed by atoms with Crippen LogP contribution in [0.5, 0.6) is 11.5 Å². The van der Waals surface area contributed by atoms with Crippen LogP contribution < -0.4 is 0 Å². The maximum Gasteiger partial charge on any atom is 0.132 e. The van der Waals surface area contributed by atoms with Crippen LogP contribution in [0.2, 0.25) is 0 Å². The predicted octanol–water partition coefficient (Wildman–Crippen LogP) is 6.19. The van der Waals surface area contributed by atoms with Crippen molar-refractivity contribution in [1.82, 2.24) is 0 Å². The fraction of sp³-hybridized carbons (Fsp3) is 0.143. The number of aromatic hydroxyl groups is 2. The van der Waals surface area contributed by atoms with Gasteiger partial charge in [0.1, 0.15) is 31.0 Å². The molecule has 0 saturated heterocycles. The molecule has 0 spiro atoms. The molecule has 0 heterocycles. The third-order valence-corrected chi connectivity index (χ3v) is 10.5. The molecular formula is C28H28N2O4S2. The third-order valence-electron chi connectivity index (χ3n) is 5.65. The van der Waals surface area contributed by atoms with Gasteiger partial charge in [0.15, 0.2) is 0 Å². The Morgan fingerprint density at radius 1 is 0.556 bits per heavy atom. The quantitative estimate of drug-likeness (QED) is 0.284. The molecule has 186 valence electrons. The lowest BCUT2D eigenvalue weighted by molar-refractivity contribution is 0.460. The Bertz CT molecular complexity index is 1490. The molecular weight excluding hydrogens is 492 g/mol. The van der Waals surface area contributed by atoms with Gasteiger partial charge >= 0.3 is 0 Å². The van der Waals surface area contributed by atoms with Gasteiger partial charge in [0.2, 0.25) is 0 Å². The Morgan fingerprint density at radius 3 is 1.22 bits per heavy atom. The smallest absolute Gasteiger partial charge is 0.132 e. The normalized spacial score (nSPS) is 14.4. The van der Waals surface area contributed by atoms with Crippen molar-refractivity contribution in [2.45, 2.75) is 33.4 Å². The van der Waals surface area contributed by atoms with Gasteiger partial charge in [-0.05, 0) is 62.4 Å². The van der Waals surface area contributed by atoms with E-state index in [9.17, 15) is 18.6 Å². The number of phenolic OH excluding ortho intramolecular Hbond substituents is 2.